The van der Waals surface area contributed by atoms with E-state index in [1.165, 1.54) is 17.5 Å². The molecule has 0 aliphatic rings. The van der Waals surface area contributed by atoms with Crippen molar-refractivity contribution in [2.45, 2.75) is 38.6 Å². The highest BCUT2D eigenvalue weighted by molar-refractivity contribution is 5.26. The highest BCUT2D eigenvalue weighted by Gasteiger charge is 2.07. The summed E-state index contributed by atoms with van der Waals surface area (Å²) in [5, 5.41) is 0. The molecule has 0 radical (unpaired) electrons. The van der Waals surface area contributed by atoms with Gasteiger partial charge >= 0.3 is 0 Å². The Morgan fingerprint density at radius 1 is 1.11 bits per heavy atom. The summed E-state index contributed by atoms with van der Waals surface area (Å²) in [5.41, 5.74) is 10.0. The SMILES string of the molecule is CCCc1cccc(C(N)CCc2ccccn2)c1. The Balaban J connectivity index is 1.95. The standard InChI is InChI=1S/C17H22N2/c1-2-6-14-7-5-8-15(13-14)17(18)11-10-16-9-3-4-12-19-16/h3-5,7-9,12-13,17H,2,6,10-11,18H2,1H3. The first kappa shape index (κ1) is 13.8. The number of aryl methyl sites for hydroxylation is 2. The van der Waals surface area contributed by atoms with Gasteiger partial charge in [-0.2, -0.15) is 0 Å². The average Bonchev–Trinajstić information content (AvgIpc) is 2.46. The van der Waals surface area contributed by atoms with Gasteiger partial charge in [0.25, 0.3) is 0 Å². The van der Waals surface area contributed by atoms with Crippen LogP contribution in [0.1, 0.15) is 42.6 Å². The van der Waals surface area contributed by atoms with Crippen molar-refractivity contribution >= 4 is 0 Å². The second kappa shape index (κ2) is 7.05. The smallest absolute Gasteiger partial charge is 0.0404 e. The summed E-state index contributed by atoms with van der Waals surface area (Å²) in [5.74, 6) is 0. The molecule has 1 aromatic carbocycles. The Kier molecular flexibility index (Phi) is 5.10. The predicted molar refractivity (Wildman–Crippen MR) is 79.9 cm³/mol. The molecule has 0 spiro atoms. The first-order valence-corrected chi connectivity index (χ1v) is 7.04. The predicted octanol–water partition coefficient (Wildman–Crippen LogP) is 3.67. The molecule has 2 rings (SSSR count). The summed E-state index contributed by atoms with van der Waals surface area (Å²) in [6.45, 7) is 2.20. The highest BCUT2D eigenvalue weighted by Crippen LogP contribution is 2.18. The summed E-state index contributed by atoms with van der Waals surface area (Å²) in [6.07, 6.45) is 6.00. The van der Waals surface area contributed by atoms with Crippen LogP contribution in [0.25, 0.3) is 0 Å². The number of benzene rings is 1. The number of nitrogens with zero attached hydrogens (tertiary/aromatic N) is 1. The lowest BCUT2D eigenvalue weighted by Gasteiger charge is -2.13. The largest absolute Gasteiger partial charge is 0.324 e. The van der Waals surface area contributed by atoms with Gasteiger partial charge in [-0.05, 0) is 42.5 Å². The van der Waals surface area contributed by atoms with E-state index in [1.807, 2.05) is 18.3 Å². The molecular formula is C17H22N2. The molecular weight excluding hydrogens is 232 g/mol. The first-order valence-electron chi connectivity index (χ1n) is 7.04. The molecule has 1 unspecified atom stereocenters. The molecule has 0 amide bonds. The van der Waals surface area contributed by atoms with Gasteiger partial charge in [0.15, 0.2) is 0 Å². The minimum Gasteiger partial charge on any atom is -0.324 e. The van der Waals surface area contributed by atoms with Gasteiger partial charge in [-0.25, -0.2) is 0 Å². The third kappa shape index (κ3) is 4.18. The Bertz CT molecular complexity index is 494. The van der Waals surface area contributed by atoms with E-state index in [-0.39, 0.29) is 6.04 Å². The molecule has 19 heavy (non-hydrogen) atoms. The van der Waals surface area contributed by atoms with Crippen molar-refractivity contribution < 1.29 is 0 Å². The summed E-state index contributed by atoms with van der Waals surface area (Å²) in [7, 11) is 0. The second-order valence-electron chi connectivity index (χ2n) is 4.96. The number of pyridine rings is 1. The normalized spacial score (nSPS) is 12.3. The second-order valence-corrected chi connectivity index (χ2v) is 4.96. The van der Waals surface area contributed by atoms with E-state index < -0.39 is 0 Å². The summed E-state index contributed by atoms with van der Waals surface area (Å²) in [4.78, 5) is 4.34. The third-order valence-corrected chi connectivity index (χ3v) is 3.36. The number of aromatic nitrogens is 1. The van der Waals surface area contributed by atoms with E-state index in [9.17, 15) is 0 Å². The van der Waals surface area contributed by atoms with Crippen LogP contribution in [0.2, 0.25) is 0 Å². The molecule has 1 heterocycles. The maximum Gasteiger partial charge on any atom is 0.0404 e. The van der Waals surface area contributed by atoms with Crippen LogP contribution in [0.3, 0.4) is 0 Å². The fraction of sp³-hybridized carbons (Fsp3) is 0.353. The summed E-state index contributed by atoms with van der Waals surface area (Å²) < 4.78 is 0. The molecule has 1 aromatic heterocycles. The van der Waals surface area contributed by atoms with Crippen molar-refractivity contribution in [2.24, 2.45) is 5.73 Å². The van der Waals surface area contributed by atoms with Gasteiger partial charge in [-0.15, -0.1) is 0 Å². The van der Waals surface area contributed by atoms with Gasteiger partial charge in [-0.3, -0.25) is 4.98 Å². The van der Waals surface area contributed by atoms with E-state index in [1.54, 1.807) is 0 Å². The Labute approximate surface area is 115 Å². The van der Waals surface area contributed by atoms with Gasteiger partial charge in [0.1, 0.15) is 0 Å². The van der Waals surface area contributed by atoms with E-state index in [0.29, 0.717) is 0 Å². The van der Waals surface area contributed by atoms with Gasteiger partial charge in [0.2, 0.25) is 0 Å². The summed E-state index contributed by atoms with van der Waals surface area (Å²) >= 11 is 0. The van der Waals surface area contributed by atoms with Crippen LogP contribution in [-0.2, 0) is 12.8 Å². The number of rotatable bonds is 6. The number of hydrogen-bond donors (Lipinski definition) is 1. The Morgan fingerprint density at radius 2 is 2.00 bits per heavy atom. The molecule has 0 fully saturated rings. The van der Waals surface area contributed by atoms with E-state index in [4.69, 9.17) is 5.73 Å². The molecule has 0 bridgehead atoms. The molecule has 2 nitrogen and oxygen atoms in total. The zero-order valence-corrected chi connectivity index (χ0v) is 11.5. The minimum absolute atomic E-state index is 0.0961. The number of hydrogen-bond acceptors (Lipinski definition) is 2. The van der Waals surface area contributed by atoms with Crippen LogP contribution in [0.4, 0.5) is 0 Å². The third-order valence-electron chi connectivity index (χ3n) is 3.36. The minimum atomic E-state index is 0.0961. The van der Waals surface area contributed by atoms with Crippen LogP contribution in [0.5, 0.6) is 0 Å². The quantitative estimate of drug-likeness (QED) is 0.854. The molecule has 0 aliphatic carbocycles. The zero-order valence-electron chi connectivity index (χ0n) is 11.5. The van der Waals surface area contributed by atoms with Gasteiger partial charge in [0.05, 0.1) is 0 Å². The molecule has 1 atom stereocenters. The van der Waals surface area contributed by atoms with Crippen molar-refractivity contribution in [3.05, 3.63) is 65.5 Å². The summed E-state index contributed by atoms with van der Waals surface area (Å²) in [6, 6.07) is 14.8. The fourth-order valence-corrected chi connectivity index (χ4v) is 2.28. The molecule has 0 saturated carbocycles. The average molecular weight is 254 g/mol. The lowest BCUT2D eigenvalue weighted by Crippen LogP contribution is -2.12. The molecule has 0 aliphatic heterocycles. The topological polar surface area (TPSA) is 38.9 Å². The van der Waals surface area contributed by atoms with Crippen molar-refractivity contribution in [3.8, 4) is 0 Å². The van der Waals surface area contributed by atoms with Gasteiger partial charge in [0, 0.05) is 17.9 Å². The van der Waals surface area contributed by atoms with E-state index >= 15 is 0 Å². The van der Waals surface area contributed by atoms with Crippen LogP contribution in [0, 0.1) is 0 Å². The zero-order chi connectivity index (χ0) is 13.5. The Hall–Kier alpha value is -1.67. The maximum atomic E-state index is 6.28. The molecule has 100 valence electrons. The highest BCUT2D eigenvalue weighted by atomic mass is 14.7. The van der Waals surface area contributed by atoms with E-state index in [0.717, 1.165) is 25.0 Å². The fourth-order valence-electron chi connectivity index (χ4n) is 2.28. The number of nitrogens with two attached hydrogens (primary N) is 1. The monoisotopic (exact) mass is 254 g/mol. The lowest BCUT2D eigenvalue weighted by molar-refractivity contribution is 0.643. The van der Waals surface area contributed by atoms with Crippen molar-refractivity contribution in [3.63, 3.8) is 0 Å². The van der Waals surface area contributed by atoms with Crippen molar-refractivity contribution in [1.82, 2.24) is 4.98 Å². The van der Waals surface area contributed by atoms with Crippen LogP contribution >= 0.6 is 0 Å². The molecule has 2 N–H and O–H groups in total. The van der Waals surface area contributed by atoms with Crippen molar-refractivity contribution in [1.29, 1.82) is 0 Å². The van der Waals surface area contributed by atoms with Gasteiger partial charge in [-0.1, -0.05) is 43.7 Å². The Morgan fingerprint density at radius 3 is 2.74 bits per heavy atom. The van der Waals surface area contributed by atoms with Crippen LogP contribution in [0.15, 0.2) is 48.7 Å². The van der Waals surface area contributed by atoms with Gasteiger partial charge < -0.3 is 5.73 Å². The van der Waals surface area contributed by atoms with Crippen molar-refractivity contribution in [2.75, 3.05) is 0 Å². The van der Waals surface area contributed by atoms with Crippen LogP contribution in [-0.4, -0.2) is 4.98 Å². The lowest BCUT2D eigenvalue weighted by atomic mass is 9.98. The molecule has 2 heteroatoms. The van der Waals surface area contributed by atoms with E-state index in [2.05, 4.69) is 42.2 Å². The first-order chi connectivity index (χ1) is 9.29. The maximum absolute atomic E-state index is 6.28. The van der Waals surface area contributed by atoms with Crippen LogP contribution < -0.4 is 5.73 Å². The molecule has 2 aromatic rings. The molecule has 0 saturated heterocycles.